The summed E-state index contributed by atoms with van der Waals surface area (Å²) in [7, 11) is 0. The van der Waals surface area contributed by atoms with Crippen LogP contribution in [-0.4, -0.2) is 18.6 Å². The Bertz CT molecular complexity index is 434. The minimum atomic E-state index is -0.137. The van der Waals surface area contributed by atoms with Gasteiger partial charge in [-0.1, -0.05) is 32.4 Å². The first-order valence-corrected chi connectivity index (χ1v) is 7.97. The Labute approximate surface area is 128 Å². The number of hydrogen-bond acceptors (Lipinski definition) is 2. The van der Waals surface area contributed by atoms with E-state index >= 15 is 0 Å². The number of benzene rings is 1. The lowest BCUT2D eigenvalue weighted by Gasteiger charge is -2.16. The van der Waals surface area contributed by atoms with Crippen LogP contribution in [0.25, 0.3) is 0 Å². The maximum Gasteiger partial charge on any atom is 0.319 e. The zero-order valence-electron chi connectivity index (χ0n) is 13.7. The molecule has 0 fully saturated rings. The van der Waals surface area contributed by atoms with Gasteiger partial charge in [0.25, 0.3) is 0 Å². The Morgan fingerprint density at radius 1 is 1.19 bits per heavy atom. The summed E-state index contributed by atoms with van der Waals surface area (Å²) in [4.78, 5) is 11.9. The van der Waals surface area contributed by atoms with E-state index in [2.05, 4.69) is 42.8 Å². The molecule has 118 valence electrons. The van der Waals surface area contributed by atoms with E-state index in [-0.39, 0.29) is 18.1 Å². The normalized spacial score (nSPS) is 13.5. The molecule has 1 aromatic rings. The molecule has 0 spiro atoms. The molecule has 4 nitrogen and oxygen atoms in total. The number of amides is 2. The Hall–Kier alpha value is -1.55. The molecule has 0 saturated carbocycles. The molecule has 0 aliphatic rings. The molecule has 4 heteroatoms. The predicted octanol–water partition coefficient (Wildman–Crippen LogP) is 4.06. The van der Waals surface area contributed by atoms with Crippen molar-refractivity contribution in [3.63, 3.8) is 0 Å². The molecule has 1 aromatic carbocycles. The number of nitrogens with one attached hydrogen (secondary N) is 3. The van der Waals surface area contributed by atoms with Gasteiger partial charge in [0.15, 0.2) is 0 Å². The molecule has 2 unspecified atom stereocenters. The summed E-state index contributed by atoms with van der Waals surface area (Å²) < 4.78 is 0. The van der Waals surface area contributed by atoms with Gasteiger partial charge in [-0.3, -0.25) is 0 Å². The Balaban J connectivity index is 2.57. The lowest BCUT2D eigenvalue weighted by Crippen LogP contribution is -2.36. The molecule has 0 aromatic heterocycles. The molecule has 2 atom stereocenters. The number of hydrogen-bond donors (Lipinski definition) is 3. The highest BCUT2D eigenvalue weighted by atomic mass is 16.2. The van der Waals surface area contributed by atoms with Crippen molar-refractivity contribution in [3.8, 4) is 0 Å². The molecule has 21 heavy (non-hydrogen) atoms. The number of carbonyl (C=O) groups is 1. The first kappa shape index (κ1) is 17.5. The summed E-state index contributed by atoms with van der Waals surface area (Å²) in [6.45, 7) is 9.42. The molecule has 0 aliphatic carbocycles. The van der Waals surface area contributed by atoms with E-state index in [0.29, 0.717) is 0 Å². The summed E-state index contributed by atoms with van der Waals surface area (Å²) in [5.41, 5.74) is 2.02. The van der Waals surface area contributed by atoms with Crippen LogP contribution in [0.3, 0.4) is 0 Å². The van der Waals surface area contributed by atoms with Crippen LogP contribution < -0.4 is 16.0 Å². The zero-order valence-corrected chi connectivity index (χ0v) is 13.7. The molecule has 3 N–H and O–H groups in total. The van der Waals surface area contributed by atoms with E-state index in [1.165, 1.54) is 5.56 Å². The Morgan fingerprint density at radius 3 is 2.62 bits per heavy atom. The number of rotatable bonds is 8. The predicted molar refractivity (Wildman–Crippen MR) is 89.7 cm³/mol. The van der Waals surface area contributed by atoms with Crippen LogP contribution in [-0.2, 0) is 0 Å². The topological polar surface area (TPSA) is 53.2 Å². The van der Waals surface area contributed by atoms with Crippen LogP contribution in [0.4, 0.5) is 10.5 Å². The van der Waals surface area contributed by atoms with Crippen LogP contribution in [0.1, 0.15) is 58.6 Å². The highest BCUT2D eigenvalue weighted by molar-refractivity contribution is 5.89. The summed E-state index contributed by atoms with van der Waals surface area (Å²) in [5.74, 6) is 0. The Kier molecular flexibility index (Phi) is 7.83. The average Bonchev–Trinajstić information content (AvgIpc) is 2.45. The molecule has 0 radical (unpaired) electrons. The second-order valence-electron chi connectivity index (χ2n) is 5.59. The van der Waals surface area contributed by atoms with Crippen molar-refractivity contribution in [2.24, 2.45) is 0 Å². The van der Waals surface area contributed by atoms with E-state index in [0.717, 1.165) is 31.5 Å². The zero-order chi connectivity index (χ0) is 15.7. The van der Waals surface area contributed by atoms with Crippen molar-refractivity contribution < 1.29 is 4.79 Å². The van der Waals surface area contributed by atoms with Crippen molar-refractivity contribution in [1.29, 1.82) is 0 Å². The van der Waals surface area contributed by atoms with Crippen molar-refractivity contribution in [2.75, 3.05) is 11.9 Å². The standard InChI is InChI=1S/C17H29N3O/c1-5-8-13(3)19-17(21)20-16-10-7-9-15(12-16)14(4)18-11-6-2/h7,9-10,12-14,18H,5-6,8,11H2,1-4H3,(H2,19,20,21). The molecular formula is C17H29N3O. The first-order chi connectivity index (χ1) is 10.1. The summed E-state index contributed by atoms with van der Waals surface area (Å²) in [6.07, 6.45) is 3.17. The van der Waals surface area contributed by atoms with Gasteiger partial charge in [0, 0.05) is 17.8 Å². The average molecular weight is 291 g/mol. The minimum absolute atomic E-state index is 0.137. The fourth-order valence-electron chi connectivity index (χ4n) is 2.26. The summed E-state index contributed by atoms with van der Waals surface area (Å²) in [6, 6.07) is 8.34. The molecular weight excluding hydrogens is 262 g/mol. The maximum atomic E-state index is 11.9. The van der Waals surface area contributed by atoms with Crippen molar-refractivity contribution in [2.45, 2.75) is 59.0 Å². The smallest absolute Gasteiger partial charge is 0.319 e. The van der Waals surface area contributed by atoms with E-state index in [1.807, 2.05) is 25.1 Å². The van der Waals surface area contributed by atoms with E-state index in [4.69, 9.17) is 0 Å². The van der Waals surface area contributed by atoms with Crippen LogP contribution in [0.5, 0.6) is 0 Å². The Morgan fingerprint density at radius 2 is 1.95 bits per heavy atom. The quantitative estimate of drug-likeness (QED) is 0.676. The second kappa shape index (κ2) is 9.40. The lowest BCUT2D eigenvalue weighted by molar-refractivity contribution is 0.248. The maximum absolute atomic E-state index is 11.9. The van der Waals surface area contributed by atoms with Gasteiger partial charge in [-0.05, 0) is 50.9 Å². The van der Waals surface area contributed by atoms with Gasteiger partial charge in [0.2, 0.25) is 0 Å². The number of carbonyl (C=O) groups excluding carboxylic acids is 1. The van der Waals surface area contributed by atoms with E-state index < -0.39 is 0 Å². The molecule has 0 heterocycles. The first-order valence-electron chi connectivity index (χ1n) is 7.97. The van der Waals surface area contributed by atoms with Crippen molar-refractivity contribution in [1.82, 2.24) is 10.6 Å². The third-order valence-electron chi connectivity index (χ3n) is 3.44. The van der Waals surface area contributed by atoms with Gasteiger partial charge in [-0.15, -0.1) is 0 Å². The summed E-state index contributed by atoms with van der Waals surface area (Å²) >= 11 is 0. The molecule has 0 saturated heterocycles. The van der Waals surface area contributed by atoms with E-state index in [1.54, 1.807) is 0 Å². The highest BCUT2D eigenvalue weighted by Crippen LogP contribution is 2.17. The van der Waals surface area contributed by atoms with Crippen LogP contribution >= 0.6 is 0 Å². The van der Waals surface area contributed by atoms with Crippen LogP contribution in [0.15, 0.2) is 24.3 Å². The molecule has 1 rings (SSSR count). The SMILES string of the molecule is CCCNC(C)c1cccc(NC(=O)NC(C)CCC)c1. The third kappa shape index (κ3) is 6.63. The fraction of sp³-hybridized carbons (Fsp3) is 0.588. The number of urea groups is 1. The highest BCUT2D eigenvalue weighted by Gasteiger charge is 2.08. The van der Waals surface area contributed by atoms with Crippen molar-refractivity contribution in [3.05, 3.63) is 29.8 Å². The lowest BCUT2D eigenvalue weighted by atomic mass is 10.1. The van der Waals surface area contributed by atoms with Gasteiger partial charge in [-0.2, -0.15) is 0 Å². The van der Waals surface area contributed by atoms with Gasteiger partial charge < -0.3 is 16.0 Å². The molecule has 0 bridgehead atoms. The third-order valence-corrected chi connectivity index (χ3v) is 3.44. The molecule has 2 amide bonds. The fourth-order valence-corrected chi connectivity index (χ4v) is 2.26. The largest absolute Gasteiger partial charge is 0.335 e. The second-order valence-corrected chi connectivity index (χ2v) is 5.59. The molecule has 0 aliphatic heterocycles. The number of anilines is 1. The van der Waals surface area contributed by atoms with Gasteiger partial charge in [-0.25, -0.2) is 4.79 Å². The van der Waals surface area contributed by atoms with Crippen LogP contribution in [0, 0.1) is 0 Å². The van der Waals surface area contributed by atoms with Gasteiger partial charge in [0.05, 0.1) is 0 Å². The summed E-state index contributed by atoms with van der Waals surface area (Å²) in [5, 5.41) is 9.30. The van der Waals surface area contributed by atoms with Gasteiger partial charge >= 0.3 is 6.03 Å². The minimum Gasteiger partial charge on any atom is -0.335 e. The van der Waals surface area contributed by atoms with Crippen LogP contribution in [0.2, 0.25) is 0 Å². The van der Waals surface area contributed by atoms with Crippen molar-refractivity contribution >= 4 is 11.7 Å². The van der Waals surface area contributed by atoms with E-state index in [9.17, 15) is 4.79 Å². The van der Waals surface area contributed by atoms with Gasteiger partial charge in [0.1, 0.15) is 0 Å². The monoisotopic (exact) mass is 291 g/mol.